The van der Waals surface area contributed by atoms with Crippen molar-refractivity contribution in [2.45, 2.75) is 12.3 Å². The summed E-state index contributed by atoms with van der Waals surface area (Å²) in [5.74, 6) is 0.0389. The van der Waals surface area contributed by atoms with Gasteiger partial charge in [0.2, 0.25) is 5.91 Å². The molecule has 0 heterocycles. The number of hydroxylamine groups is 1. The van der Waals surface area contributed by atoms with Crippen LogP contribution in [0.3, 0.4) is 0 Å². The zero-order valence-electron chi connectivity index (χ0n) is 8.67. The van der Waals surface area contributed by atoms with Crippen molar-refractivity contribution >= 4 is 29.1 Å². The van der Waals surface area contributed by atoms with Crippen molar-refractivity contribution in [2.75, 3.05) is 7.11 Å². The highest BCUT2D eigenvalue weighted by molar-refractivity contribution is 6.35. The second kappa shape index (κ2) is 4.62. The van der Waals surface area contributed by atoms with Crippen LogP contribution in [0.4, 0.5) is 0 Å². The molecular formula is C11H11Cl2NO2. The van der Waals surface area contributed by atoms with Crippen molar-refractivity contribution in [1.29, 1.82) is 0 Å². The SMILES string of the molecule is CONC(=O)[C@@H]1C[C@@H]1c1ccc(Cl)cc1Cl. The second-order valence-corrected chi connectivity index (χ2v) is 4.63. The number of carbonyl (C=O) groups excluding carboxylic acids is 1. The maximum Gasteiger partial charge on any atom is 0.247 e. The van der Waals surface area contributed by atoms with Crippen molar-refractivity contribution in [2.24, 2.45) is 5.92 Å². The van der Waals surface area contributed by atoms with Gasteiger partial charge in [-0.1, -0.05) is 29.3 Å². The van der Waals surface area contributed by atoms with Crippen LogP contribution in [0.1, 0.15) is 17.9 Å². The van der Waals surface area contributed by atoms with Gasteiger partial charge in [-0.25, -0.2) is 5.48 Å². The summed E-state index contributed by atoms with van der Waals surface area (Å²) < 4.78 is 0. The van der Waals surface area contributed by atoms with Gasteiger partial charge < -0.3 is 0 Å². The monoisotopic (exact) mass is 259 g/mol. The molecular weight excluding hydrogens is 249 g/mol. The van der Waals surface area contributed by atoms with Gasteiger partial charge in [0.05, 0.1) is 7.11 Å². The third-order valence-electron chi connectivity index (χ3n) is 2.69. The van der Waals surface area contributed by atoms with Crippen molar-refractivity contribution in [1.82, 2.24) is 5.48 Å². The first kappa shape index (κ1) is 11.7. The predicted molar refractivity (Wildman–Crippen MR) is 62.5 cm³/mol. The number of benzene rings is 1. The Morgan fingerprint density at radius 2 is 2.25 bits per heavy atom. The molecule has 86 valence electrons. The van der Waals surface area contributed by atoms with E-state index in [1.165, 1.54) is 7.11 Å². The zero-order valence-corrected chi connectivity index (χ0v) is 10.2. The van der Waals surface area contributed by atoms with Gasteiger partial charge in [0.1, 0.15) is 0 Å². The summed E-state index contributed by atoms with van der Waals surface area (Å²) in [5.41, 5.74) is 3.30. The fourth-order valence-corrected chi connectivity index (χ4v) is 2.36. The number of hydrogen-bond donors (Lipinski definition) is 1. The molecule has 3 nitrogen and oxygen atoms in total. The molecule has 1 saturated carbocycles. The molecule has 0 spiro atoms. The number of halogens is 2. The molecule has 1 aromatic carbocycles. The summed E-state index contributed by atoms with van der Waals surface area (Å²) in [5, 5.41) is 1.22. The lowest BCUT2D eigenvalue weighted by Crippen LogP contribution is -2.23. The Hall–Kier alpha value is -0.770. The molecule has 2 atom stereocenters. The van der Waals surface area contributed by atoms with Gasteiger partial charge in [-0.15, -0.1) is 0 Å². The van der Waals surface area contributed by atoms with E-state index in [2.05, 4.69) is 10.3 Å². The summed E-state index contributed by atoms with van der Waals surface area (Å²) >= 11 is 11.9. The number of rotatable bonds is 3. The molecule has 1 amide bonds. The topological polar surface area (TPSA) is 38.3 Å². The minimum Gasteiger partial charge on any atom is -0.277 e. The Labute approximate surface area is 104 Å². The highest BCUT2D eigenvalue weighted by Crippen LogP contribution is 2.49. The molecule has 1 aromatic rings. The third kappa shape index (κ3) is 2.32. The fourth-order valence-electron chi connectivity index (χ4n) is 1.81. The van der Waals surface area contributed by atoms with Crippen LogP contribution in [0.2, 0.25) is 10.0 Å². The Morgan fingerprint density at radius 3 is 2.88 bits per heavy atom. The minimum absolute atomic E-state index is 0.0429. The number of carbonyl (C=O) groups is 1. The van der Waals surface area contributed by atoms with Crippen molar-refractivity contribution in [3.63, 3.8) is 0 Å². The molecule has 1 aliphatic carbocycles. The average molecular weight is 260 g/mol. The largest absolute Gasteiger partial charge is 0.277 e. The first-order valence-electron chi connectivity index (χ1n) is 4.91. The van der Waals surface area contributed by atoms with Crippen LogP contribution in [0.25, 0.3) is 0 Å². The summed E-state index contributed by atoms with van der Waals surface area (Å²) in [6, 6.07) is 5.35. The van der Waals surface area contributed by atoms with Crippen LogP contribution < -0.4 is 5.48 Å². The van der Waals surface area contributed by atoms with Crippen LogP contribution >= 0.6 is 23.2 Å². The Balaban J connectivity index is 2.08. The molecule has 0 aromatic heterocycles. The maximum atomic E-state index is 11.5. The van der Waals surface area contributed by atoms with Crippen LogP contribution in [-0.4, -0.2) is 13.0 Å². The number of amides is 1. The number of hydrogen-bond acceptors (Lipinski definition) is 2. The third-order valence-corrected chi connectivity index (χ3v) is 3.25. The predicted octanol–water partition coefficient (Wildman–Crippen LogP) is 2.77. The van der Waals surface area contributed by atoms with E-state index in [0.29, 0.717) is 10.0 Å². The Bertz CT molecular complexity index is 422. The lowest BCUT2D eigenvalue weighted by atomic mass is 10.1. The standard InChI is InChI=1S/C11H11Cl2NO2/c1-16-14-11(15)9-5-8(9)7-3-2-6(12)4-10(7)13/h2-4,8-9H,5H2,1H3,(H,14,15)/t8-,9-/m1/s1. The van der Waals surface area contributed by atoms with E-state index in [0.717, 1.165) is 12.0 Å². The average Bonchev–Trinajstić information content (AvgIpc) is 2.98. The van der Waals surface area contributed by atoms with Crippen LogP contribution in [0.15, 0.2) is 18.2 Å². The van der Waals surface area contributed by atoms with E-state index >= 15 is 0 Å². The minimum atomic E-state index is -0.0986. The smallest absolute Gasteiger partial charge is 0.247 e. The summed E-state index contributed by atoms with van der Waals surface area (Å²) in [7, 11) is 1.42. The molecule has 0 aliphatic heterocycles. The van der Waals surface area contributed by atoms with E-state index in [1.54, 1.807) is 12.1 Å². The van der Waals surface area contributed by atoms with E-state index in [1.807, 2.05) is 6.07 Å². The van der Waals surface area contributed by atoms with Gasteiger partial charge in [0.15, 0.2) is 0 Å². The van der Waals surface area contributed by atoms with E-state index in [9.17, 15) is 4.79 Å². The zero-order chi connectivity index (χ0) is 11.7. The normalized spacial score (nSPS) is 22.9. The molecule has 0 radical (unpaired) electrons. The van der Waals surface area contributed by atoms with E-state index < -0.39 is 0 Å². The molecule has 0 unspecified atom stereocenters. The lowest BCUT2D eigenvalue weighted by molar-refractivity contribution is -0.132. The number of nitrogens with one attached hydrogen (secondary N) is 1. The van der Waals surface area contributed by atoms with Gasteiger partial charge in [-0.2, -0.15) is 0 Å². The van der Waals surface area contributed by atoms with Crippen molar-refractivity contribution in [3.05, 3.63) is 33.8 Å². The first-order chi connectivity index (χ1) is 7.63. The Kier molecular flexibility index (Phi) is 3.38. The molecule has 0 saturated heterocycles. The quantitative estimate of drug-likeness (QED) is 0.848. The first-order valence-corrected chi connectivity index (χ1v) is 5.67. The van der Waals surface area contributed by atoms with Gasteiger partial charge in [0.25, 0.3) is 0 Å². The molecule has 1 aliphatic rings. The van der Waals surface area contributed by atoms with E-state index in [4.69, 9.17) is 23.2 Å². The molecule has 0 bridgehead atoms. The van der Waals surface area contributed by atoms with Crippen LogP contribution in [0.5, 0.6) is 0 Å². The van der Waals surface area contributed by atoms with Crippen molar-refractivity contribution in [3.8, 4) is 0 Å². The van der Waals surface area contributed by atoms with E-state index in [-0.39, 0.29) is 17.7 Å². The van der Waals surface area contributed by atoms with Gasteiger partial charge >= 0.3 is 0 Å². The fraction of sp³-hybridized carbons (Fsp3) is 0.364. The Morgan fingerprint density at radius 1 is 1.50 bits per heavy atom. The van der Waals surface area contributed by atoms with Crippen LogP contribution in [-0.2, 0) is 9.63 Å². The maximum absolute atomic E-state index is 11.5. The van der Waals surface area contributed by atoms with Gasteiger partial charge in [-0.3, -0.25) is 9.63 Å². The lowest BCUT2D eigenvalue weighted by Gasteiger charge is -2.04. The second-order valence-electron chi connectivity index (χ2n) is 3.78. The summed E-state index contributed by atoms with van der Waals surface area (Å²) in [6.07, 6.45) is 0.802. The summed E-state index contributed by atoms with van der Waals surface area (Å²) in [6.45, 7) is 0. The highest BCUT2D eigenvalue weighted by atomic mass is 35.5. The molecule has 2 rings (SSSR count). The van der Waals surface area contributed by atoms with Crippen LogP contribution in [0, 0.1) is 5.92 Å². The molecule has 1 N–H and O–H groups in total. The summed E-state index contributed by atoms with van der Waals surface area (Å²) in [4.78, 5) is 16.0. The molecule has 5 heteroatoms. The van der Waals surface area contributed by atoms with Crippen molar-refractivity contribution < 1.29 is 9.63 Å². The molecule has 1 fully saturated rings. The molecule has 16 heavy (non-hydrogen) atoms. The van der Waals surface area contributed by atoms with Gasteiger partial charge in [0, 0.05) is 16.0 Å². The highest BCUT2D eigenvalue weighted by Gasteiger charge is 2.44. The van der Waals surface area contributed by atoms with Gasteiger partial charge in [-0.05, 0) is 30.0 Å².